The fourth-order valence-corrected chi connectivity index (χ4v) is 2.28. The van der Waals surface area contributed by atoms with Crippen molar-refractivity contribution >= 4 is 5.97 Å². The zero-order chi connectivity index (χ0) is 9.26. The Bertz CT molecular complexity index is 201. The monoisotopic (exact) mass is 183 g/mol. The van der Waals surface area contributed by atoms with Gasteiger partial charge in [-0.2, -0.15) is 0 Å². The van der Waals surface area contributed by atoms with Crippen LogP contribution in [-0.4, -0.2) is 25.7 Å². The molecule has 1 saturated heterocycles. The lowest BCUT2D eigenvalue weighted by Crippen LogP contribution is -2.46. The summed E-state index contributed by atoms with van der Waals surface area (Å²) in [6.45, 7) is 1.06. The van der Waals surface area contributed by atoms with Gasteiger partial charge in [0.05, 0.1) is 13.0 Å². The average molecular weight is 183 g/mol. The SMILES string of the molecule is COC(=O)[C@H]1CCCN[C@@H]1C1CC1. The lowest BCUT2D eigenvalue weighted by molar-refractivity contribution is -0.147. The highest BCUT2D eigenvalue weighted by molar-refractivity contribution is 5.73. The van der Waals surface area contributed by atoms with Crippen LogP contribution in [0.1, 0.15) is 25.7 Å². The molecule has 1 heterocycles. The maximum atomic E-state index is 11.4. The normalized spacial score (nSPS) is 34.2. The van der Waals surface area contributed by atoms with E-state index in [0.717, 1.165) is 25.3 Å². The van der Waals surface area contributed by atoms with Crippen molar-refractivity contribution in [1.82, 2.24) is 5.32 Å². The van der Waals surface area contributed by atoms with E-state index in [9.17, 15) is 4.79 Å². The van der Waals surface area contributed by atoms with Crippen LogP contribution in [0.3, 0.4) is 0 Å². The van der Waals surface area contributed by atoms with E-state index in [2.05, 4.69) is 5.32 Å². The Labute approximate surface area is 78.8 Å². The Morgan fingerprint density at radius 3 is 2.77 bits per heavy atom. The van der Waals surface area contributed by atoms with Crippen LogP contribution < -0.4 is 5.32 Å². The molecule has 13 heavy (non-hydrogen) atoms. The van der Waals surface area contributed by atoms with Gasteiger partial charge in [0.2, 0.25) is 0 Å². The van der Waals surface area contributed by atoms with E-state index in [-0.39, 0.29) is 11.9 Å². The first-order valence-corrected chi connectivity index (χ1v) is 5.14. The van der Waals surface area contributed by atoms with Crippen LogP contribution in [0.25, 0.3) is 0 Å². The molecule has 2 rings (SSSR count). The van der Waals surface area contributed by atoms with E-state index >= 15 is 0 Å². The molecular weight excluding hydrogens is 166 g/mol. The number of carbonyl (C=O) groups is 1. The molecule has 1 saturated carbocycles. The van der Waals surface area contributed by atoms with Crippen molar-refractivity contribution in [3.8, 4) is 0 Å². The van der Waals surface area contributed by atoms with Crippen molar-refractivity contribution in [1.29, 1.82) is 0 Å². The molecule has 0 aromatic carbocycles. The number of hydrogen-bond acceptors (Lipinski definition) is 3. The van der Waals surface area contributed by atoms with Crippen LogP contribution in [0.2, 0.25) is 0 Å². The molecular formula is C10H17NO2. The minimum Gasteiger partial charge on any atom is -0.469 e. The minimum absolute atomic E-state index is 0.0240. The van der Waals surface area contributed by atoms with Crippen LogP contribution in [0.5, 0.6) is 0 Å². The third-order valence-corrected chi connectivity index (χ3v) is 3.14. The van der Waals surface area contributed by atoms with Crippen molar-refractivity contribution in [2.45, 2.75) is 31.7 Å². The number of hydrogen-bond donors (Lipinski definition) is 1. The van der Waals surface area contributed by atoms with Crippen molar-refractivity contribution in [2.24, 2.45) is 11.8 Å². The molecule has 1 aliphatic heterocycles. The van der Waals surface area contributed by atoms with Crippen LogP contribution in [0.15, 0.2) is 0 Å². The van der Waals surface area contributed by atoms with Gasteiger partial charge in [-0.15, -0.1) is 0 Å². The number of carbonyl (C=O) groups excluding carboxylic acids is 1. The van der Waals surface area contributed by atoms with Crippen molar-refractivity contribution in [3.05, 3.63) is 0 Å². The summed E-state index contributed by atoms with van der Waals surface area (Å²) in [5, 5.41) is 3.45. The quantitative estimate of drug-likeness (QED) is 0.647. The molecule has 0 unspecified atom stereocenters. The summed E-state index contributed by atoms with van der Waals surface area (Å²) in [7, 11) is 1.49. The van der Waals surface area contributed by atoms with Gasteiger partial charge in [0, 0.05) is 6.04 Å². The number of esters is 1. The van der Waals surface area contributed by atoms with Gasteiger partial charge in [0.25, 0.3) is 0 Å². The molecule has 0 aromatic rings. The number of methoxy groups -OCH3 is 1. The predicted octanol–water partition coefficient (Wildman–Crippen LogP) is 0.938. The second-order valence-corrected chi connectivity index (χ2v) is 4.09. The molecule has 2 fully saturated rings. The Hall–Kier alpha value is -0.570. The summed E-state index contributed by atoms with van der Waals surface area (Å²) in [5.74, 6) is 0.833. The third kappa shape index (κ3) is 1.85. The fourth-order valence-electron chi connectivity index (χ4n) is 2.28. The van der Waals surface area contributed by atoms with Crippen LogP contribution in [0.4, 0.5) is 0 Å². The summed E-state index contributed by atoms with van der Waals surface area (Å²) in [5.41, 5.74) is 0. The van der Waals surface area contributed by atoms with E-state index < -0.39 is 0 Å². The highest BCUT2D eigenvalue weighted by Gasteiger charge is 2.41. The molecule has 3 heteroatoms. The lowest BCUT2D eigenvalue weighted by Gasteiger charge is -2.30. The smallest absolute Gasteiger partial charge is 0.310 e. The predicted molar refractivity (Wildman–Crippen MR) is 49.3 cm³/mol. The molecule has 0 radical (unpaired) electrons. The van der Waals surface area contributed by atoms with Gasteiger partial charge in [0.15, 0.2) is 0 Å². The largest absolute Gasteiger partial charge is 0.469 e. The van der Waals surface area contributed by atoms with Gasteiger partial charge in [-0.25, -0.2) is 0 Å². The van der Waals surface area contributed by atoms with E-state index in [0.29, 0.717) is 6.04 Å². The van der Waals surface area contributed by atoms with Gasteiger partial charge in [-0.05, 0) is 38.1 Å². The highest BCUT2D eigenvalue weighted by Crippen LogP contribution is 2.38. The zero-order valence-electron chi connectivity index (χ0n) is 8.08. The van der Waals surface area contributed by atoms with Gasteiger partial charge in [-0.3, -0.25) is 4.79 Å². The van der Waals surface area contributed by atoms with Crippen molar-refractivity contribution in [3.63, 3.8) is 0 Å². The molecule has 0 spiro atoms. The van der Waals surface area contributed by atoms with Crippen LogP contribution >= 0.6 is 0 Å². The van der Waals surface area contributed by atoms with E-state index in [4.69, 9.17) is 4.74 Å². The van der Waals surface area contributed by atoms with E-state index in [1.165, 1.54) is 20.0 Å². The Morgan fingerprint density at radius 2 is 2.15 bits per heavy atom. The molecule has 74 valence electrons. The summed E-state index contributed by atoms with van der Waals surface area (Å²) >= 11 is 0. The second-order valence-electron chi connectivity index (χ2n) is 4.09. The summed E-state index contributed by atoms with van der Waals surface area (Å²) in [6, 6.07) is 0.404. The van der Waals surface area contributed by atoms with Crippen molar-refractivity contribution in [2.75, 3.05) is 13.7 Å². The number of rotatable bonds is 2. The van der Waals surface area contributed by atoms with E-state index in [1.54, 1.807) is 0 Å². The van der Waals surface area contributed by atoms with Crippen LogP contribution in [0, 0.1) is 11.8 Å². The Morgan fingerprint density at radius 1 is 1.38 bits per heavy atom. The first-order valence-electron chi connectivity index (χ1n) is 5.14. The second kappa shape index (κ2) is 3.66. The number of piperidine rings is 1. The number of nitrogens with one attached hydrogen (secondary N) is 1. The standard InChI is InChI=1S/C10H17NO2/c1-13-10(12)8-3-2-6-11-9(8)7-4-5-7/h7-9,11H,2-6H2,1H3/t8-,9+/m0/s1. The third-order valence-electron chi connectivity index (χ3n) is 3.14. The first kappa shape index (κ1) is 9.00. The molecule has 1 aliphatic carbocycles. The van der Waals surface area contributed by atoms with E-state index in [1.807, 2.05) is 0 Å². The zero-order valence-corrected chi connectivity index (χ0v) is 8.08. The summed E-state index contributed by atoms with van der Waals surface area (Å²) in [4.78, 5) is 11.4. The fraction of sp³-hybridized carbons (Fsp3) is 0.900. The molecule has 0 aromatic heterocycles. The topological polar surface area (TPSA) is 38.3 Å². The summed E-state index contributed by atoms with van der Waals surface area (Å²) < 4.78 is 4.82. The Kier molecular flexibility index (Phi) is 2.54. The van der Waals surface area contributed by atoms with Crippen LogP contribution in [-0.2, 0) is 9.53 Å². The Balaban J connectivity index is 1.99. The van der Waals surface area contributed by atoms with Gasteiger partial charge < -0.3 is 10.1 Å². The maximum Gasteiger partial charge on any atom is 0.310 e. The molecule has 2 atom stereocenters. The molecule has 3 nitrogen and oxygen atoms in total. The lowest BCUT2D eigenvalue weighted by atomic mass is 9.88. The van der Waals surface area contributed by atoms with Gasteiger partial charge in [-0.1, -0.05) is 0 Å². The molecule has 2 aliphatic rings. The minimum atomic E-state index is -0.0240. The summed E-state index contributed by atoms with van der Waals surface area (Å²) in [6.07, 6.45) is 4.67. The first-order chi connectivity index (χ1) is 6.33. The highest BCUT2D eigenvalue weighted by atomic mass is 16.5. The molecule has 1 N–H and O–H groups in total. The number of ether oxygens (including phenoxy) is 1. The molecule has 0 amide bonds. The van der Waals surface area contributed by atoms with Gasteiger partial charge in [0.1, 0.15) is 0 Å². The maximum absolute atomic E-state index is 11.4. The van der Waals surface area contributed by atoms with Gasteiger partial charge >= 0.3 is 5.97 Å². The van der Waals surface area contributed by atoms with Crippen molar-refractivity contribution < 1.29 is 9.53 Å². The molecule has 0 bridgehead atoms. The average Bonchev–Trinajstić information content (AvgIpc) is 3.00.